The molecule has 1 aromatic carbocycles. The van der Waals surface area contributed by atoms with Crippen molar-refractivity contribution >= 4 is 0 Å². The van der Waals surface area contributed by atoms with Gasteiger partial charge in [-0.1, -0.05) is 42.5 Å². The van der Waals surface area contributed by atoms with E-state index in [1.54, 1.807) is 6.08 Å². The van der Waals surface area contributed by atoms with E-state index in [9.17, 15) is 4.39 Å². The first kappa shape index (κ1) is 17.4. The molecule has 1 aromatic rings. The maximum Gasteiger partial charge on any atom is 0.183 e. The Morgan fingerprint density at radius 1 is 1.12 bits per heavy atom. The largest absolute Gasteiger partial charge is 0.348 e. The van der Waals surface area contributed by atoms with Gasteiger partial charge in [0.1, 0.15) is 0 Å². The molecule has 1 aliphatic carbocycles. The minimum absolute atomic E-state index is 0.0378. The lowest BCUT2D eigenvalue weighted by atomic mass is 9.87. The van der Waals surface area contributed by atoms with Crippen molar-refractivity contribution in [1.82, 2.24) is 0 Å². The lowest BCUT2D eigenvalue weighted by Crippen LogP contribution is -2.27. The van der Waals surface area contributed by atoms with Crippen LogP contribution in [-0.2, 0) is 9.47 Å². The van der Waals surface area contributed by atoms with Crippen LogP contribution in [0.2, 0.25) is 0 Å². The Balaban J connectivity index is 1.51. The van der Waals surface area contributed by atoms with Gasteiger partial charge < -0.3 is 9.47 Å². The van der Waals surface area contributed by atoms with Crippen LogP contribution in [0, 0.1) is 5.92 Å². The van der Waals surface area contributed by atoms with Gasteiger partial charge in [-0.05, 0) is 50.5 Å². The molecule has 1 aliphatic heterocycles. The van der Waals surface area contributed by atoms with Crippen LogP contribution in [0.4, 0.5) is 4.39 Å². The van der Waals surface area contributed by atoms with E-state index in [4.69, 9.17) is 9.47 Å². The lowest BCUT2D eigenvalue weighted by molar-refractivity contribution is -0.205. The van der Waals surface area contributed by atoms with Crippen LogP contribution in [0.5, 0.6) is 0 Å². The molecule has 2 aliphatic rings. The molecule has 3 rings (SSSR count). The van der Waals surface area contributed by atoms with E-state index in [1.165, 1.54) is 5.56 Å². The van der Waals surface area contributed by atoms with Crippen LogP contribution in [0.1, 0.15) is 62.4 Å². The second-order valence-electron chi connectivity index (χ2n) is 6.80. The molecular formula is C21H27FO2. The third kappa shape index (κ3) is 4.55. The number of hydrogen-bond acceptors (Lipinski definition) is 2. The van der Waals surface area contributed by atoms with Gasteiger partial charge >= 0.3 is 0 Å². The summed E-state index contributed by atoms with van der Waals surface area (Å²) in [6, 6.07) is 8.47. The summed E-state index contributed by atoms with van der Waals surface area (Å²) in [5.74, 6) is 0.958. The number of allylic oxidation sites excluding steroid dienone is 4. The molecule has 0 saturated carbocycles. The van der Waals surface area contributed by atoms with Crippen molar-refractivity contribution in [3.8, 4) is 0 Å². The summed E-state index contributed by atoms with van der Waals surface area (Å²) in [5.41, 5.74) is 2.35. The number of halogens is 1. The zero-order valence-corrected chi connectivity index (χ0v) is 14.4. The predicted molar refractivity (Wildman–Crippen MR) is 94.4 cm³/mol. The smallest absolute Gasteiger partial charge is 0.183 e. The van der Waals surface area contributed by atoms with E-state index < -0.39 is 0 Å². The van der Waals surface area contributed by atoms with Crippen LogP contribution < -0.4 is 0 Å². The minimum atomic E-state index is -0.249. The van der Waals surface area contributed by atoms with Crippen molar-refractivity contribution in [3.05, 3.63) is 59.4 Å². The van der Waals surface area contributed by atoms with Crippen LogP contribution in [-0.4, -0.2) is 13.2 Å². The lowest BCUT2D eigenvalue weighted by Gasteiger charge is -2.29. The monoisotopic (exact) mass is 330 g/mol. The van der Waals surface area contributed by atoms with E-state index in [1.807, 2.05) is 6.92 Å². The third-order valence-corrected chi connectivity index (χ3v) is 4.98. The fourth-order valence-electron chi connectivity index (χ4n) is 3.43. The van der Waals surface area contributed by atoms with Crippen molar-refractivity contribution < 1.29 is 13.9 Å². The van der Waals surface area contributed by atoms with Gasteiger partial charge in [-0.2, -0.15) is 0 Å². The Labute approximate surface area is 144 Å². The van der Waals surface area contributed by atoms with Crippen molar-refractivity contribution in [3.63, 3.8) is 0 Å². The van der Waals surface area contributed by atoms with E-state index in [0.29, 0.717) is 18.3 Å². The average molecular weight is 330 g/mol. The molecular weight excluding hydrogens is 303 g/mol. The van der Waals surface area contributed by atoms with Crippen molar-refractivity contribution in [2.45, 2.75) is 51.2 Å². The zero-order valence-electron chi connectivity index (χ0n) is 14.4. The molecule has 1 fully saturated rings. The highest BCUT2D eigenvalue weighted by Gasteiger charge is 2.23. The van der Waals surface area contributed by atoms with Gasteiger partial charge in [0.2, 0.25) is 0 Å². The van der Waals surface area contributed by atoms with Gasteiger partial charge in [-0.3, -0.25) is 0 Å². The van der Waals surface area contributed by atoms with E-state index in [-0.39, 0.29) is 12.1 Å². The molecule has 1 unspecified atom stereocenters. The molecule has 3 heteroatoms. The Kier molecular flexibility index (Phi) is 6.22. The molecule has 130 valence electrons. The molecule has 1 heterocycles. The minimum Gasteiger partial charge on any atom is -0.348 e. The number of ether oxygens (including phenoxy) is 2. The van der Waals surface area contributed by atoms with E-state index >= 15 is 0 Å². The van der Waals surface area contributed by atoms with Crippen LogP contribution in [0.3, 0.4) is 0 Å². The summed E-state index contributed by atoms with van der Waals surface area (Å²) in [6.45, 7) is 3.57. The molecule has 1 saturated heterocycles. The van der Waals surface area contributed by atoms with Gasteiger partial charge in [-0.15, -0.1) is 0 Å². The van der Waals surface area contributed by atoms with E-state index in [2.05, 4.69) is 36.4 Å². The maximum absolute atomic E-state index is 13.1. The number of rotatable bonds is 5. The SMILES string of the molecule is C/C=C/CC[C@H]1CO[C@H](c2ccc(C3CC=C(F)CC3)cc2)OC1. The standard InChI is InChI=1S/C21H27FO2/c1-2-3-4-5-16-14-23-21(24-15-16)19-8-6-17(7-9-19)18-10-12-20(22)13-11-18/h2-3,6-9,12,16,18,21H,4-5,10-11,13-15H2,1H3/b3-2+/t16-,18?,21-. The summed E-state index contributed by atoms with van der Waals surface area (Å²) < 4.78 is 24.9. The Morgan fingerprint density at radius 3 is 2.46 bits per heavy atom. The Bertz CT molecular complexity index is 568. The van der Waals surface area contributed by atoms with Crippen LogP contribution in [0.15, 0.2) is 48.3 Å². The molecule has 0 radical (unpaired) electrons. The van der Waals surface area contributed by atoms with Gasteiger partial charge in [0.05, 0.1) is 19.0 Å². The Hall–Kier alpha value is -1.45. The summed E-state index contributed by atoms with van der Waals surface area (Å²) in [5, 5.41) is 0. The highest BCUT2D eigenvalue weighted by Crippen LogP contribution is 2.34. The van der Waals surface area contributed by atoms with Crippen molar-refractivity contribution in [2.75, 3.05) is 13.2 Å². The molecule has 24 heavy (non-hydrogen) atoms. The van der Waals surface area contributed by atoms with Gasteiger partial charge in [0.15, 0.2) is 6.29 Å². The van der Waals surface area contributed by atoms with Gasteiger partial charge in [0, 0.05) is 11.5 Å². The second kappa shape index (κ2) is 8.59. The Morgan fingerprint density at radius 2 is 1.83 bits per heavy atom. The first-order valence-corrected chi connectivity index (χ1v) is 9.05. The van der Waals surface area contributed by atoms with Crippen LogP contribution in [0.25, 0.3) is 0 Å². The predicted octanol–water partition coefficient (Wildman–Crippen LogP) is 5.83. The van der Waals surface area contributed by atoms with E-state index in [0.717, 1.165) is 44.5 Å². The third-order valence-electron chi connectivity index (χ3n) is 4.98. The second-order valence-corrected chi connectivity index (χ2v) is 6.80. The first-order valence-electron chi connectivity index (χ1n) is 9.05. The first-order chi connectivity index (χ1) is 11.8. The zero-order chi connectivity index (χ0) is 16.8. The van der Waals surface area contributed by atoms with Gasteiger partial charge in [0.25, 0.3) is 0 Å². The molecule has 0 bridgehead atoms. The summed E-state index contributed by atoms with van der Waals surface area (Å²) in [6.07, 6.45) is 10.2. The summed E-state index contributed by atoms with van der Waals surface area (Å²) >= 11 is 0. The highest BCUT2D eigenvalue weighted by molar-refractivity contribution is 5.27. The van der Waals surface area contributed by atoms with Crippen molar-refractivity contribution in [1.29, 1.82) is 0 Å². The fraction of sp³-hybridized carbons (Fsp3) is 0.524. The molecule has 1 atom stereocenters. The fourth-order valence-corrected chi connectivity index (χ4v) is 3.43. The molecule has 0 aromatic heterocycles. The topological polar surface area (TPSA) is 18.5 Å². The quantitative estimate of drug-likeness (QED) is 0.633. The molecule has 0 amide bonds. The normalized spacial score (nSPS) is 28.1. The number of benzene rings is 1. The molecule has 0 N–H and O–H groups in total. The summed E-state index contributed by atoms with van der Waals surface area (Å²) in [7, 11) is 0. The maximum atomic E-state index is 13.1. The highest BCUT2D eigenvalue weighted by atomic mass is 19.1. The average Bonchev–Trinajstić information content (AvgIpc) is 2.63. The molecule has 2 nitrogen and oxygen atoms in total. The molecule has 0 spiro atoms. The van der Waals surface area contributed by atoms with Crippen LogP contribution >= 0.6 is 0 Å². The number of hydrogen-bond donors (Lipinski definition) is 0. The van der Waals surface area contributed by atoms with Gasteiger partial charge in [-0.25, -0.2) is 4.39 Å². The van der Waals surface area contributed by atoms with Crippen molar-refractivity contribution in [2.24, 2.45) is 5.92 Å². The summed E-state index contributed by atoms with van der Waals surface area (Å²) in [4.78, 5) is 0.